The third-order valence-corrected chi connectivity index (χ3v) is 2.86. The lowest BCUT2D eigenvalue weighted by Crippen LogP contribution is -2.39. The van der Waals surface area contributed by atoms with E-state index in [2.05, 4.69) is 6.92 Å². The van der Waals surface area contributed by atoms with Crippen LogP contribution in [-0.4, -0.2) is 42.0 Å². The van der Waals surface area contributed by atoms with Gasteiger partial charge in [0, 0.05) is 24.1 Å². The zero-order chi connectivity index (χ0) is 8.27. The zero-order valence-electron chi connectivity index (χ0n) is 6.59. The van der Waals surface area contributed by atoms with Crippen molar-refractivity contribution < 1.29 is 8.78 Å². The van der Waals surface area contributed by atoms with Crippen molar-refractivity contribution in [1.29, 1.82) is 0 Å². The highest BCUT2D eigenvalue weighted by molar-refractivity contribution is 7.99. The van der Waals surface area contributed by atoms with Crippen LogP contribution in [0.4, 0.5) is 8.78 Å². The van der Waals surface area contributed by atoms with E-state index in [1.54, 1.807) is 0 Å². The minimum atomic E-state index is -2.18. The molecule has 66 valence electrons. The summed E-state index contributed by atoms with van der Waals surface area (Å²) < 4.78 is 23.8. The fraction of sp³-hybridized carbons (Fsp3) is 1.00. The molecular formula is C7H13F2NS. The molecule has 0 aromatic rings. The number of hydrogen-bond acceptors (Lipinski definition) is 2. The van der Waals surface area contributed by atoms with Crippen LogP contribution < -0.4 is 0 Å². The summed E-state index contributed by atoms with van der Waals surface area (Å²) in [6.45, 7) is 3.67. The molecule has 0 spiro atoms. The average molecular weight is 181 g/mol. The van der Waals surface area contributed by atoms with Crippen molar-refractivity contribution in [2.45, 2.75) is 18.6 Å². The van der Waals surface area contributed by atoms with Crippen molar-refractivity contribution >= 4 is 11.8 Å². The lowest BCUT2D eigenvalue weighted by Gasteiger charge is -2.29. The van der Waals surface area contributed by atoms with Crippen molar-refractivity contribution in [2.75, 3.05) is 25.4 Å². The van der Waals surface area contributed by atoms with Gasteiger partial charge in [-0.25, -0.2) is 8.78 Å². The van der Waals surface area contributed by atoms with Crippen LogP contribution in [0.1, 0.15) is 6.92 Å². The van der Waals surface area contributed by atoms with Gasteiger partial charge in [-0.05, 0) is 0 Å². The molecule has 1 aliphatic rings. The molecule has 1 heterocycles. The van der Waals surface area contributed by atoms with Crippen LogP contribution >= 0.6 is 11.8 Å². The summed E-state index contributed by atoms with van der Waals surface area (Å²) in [6.07, 6.45) is -2.18. The van der Waals surface area contributed by atoms with Gasteiger partial charge in [0.05, 0.1) is 6.54 Å². The molecule has 1 unspecified atom stereocenters. The van der Waals surface area contributed by atoms with E-state index >= 15 is 0 Å². The van der Waals surface area contributed by atoms with E-state index in [0.29, 0.717) is 5.25 Å². The van der Waals surface area contributed by atoms with Crippen LogP contribution in [0, 0.1) is 0 Å². The summed E-state index contributed by atoms with van der Waals surface area (Å²) >= 11 is 1.86. The Bertz CT molecular complexity index is 119. The predicted molar refractivity (Wildman–Crippen MR) is 44.4 cm³/mol. The first-order valence-corrected chi connectivity index (χ1v) is 4.85. The highest BCUT2D eigenvalue weighted by atomic mass is 32.2. The van der Waals surface area contributed by atoms with E-state index in [1.807, 2.05) is 16.7 Å². The molecule has 0 aromatic heterocycles. The van der Waals surface area contributed by atoms with E-state index in [-0.39, 0.29) is 6.54 Å². The van der Waals surface area contributed by atoms with Gasteiger partial charge in [-0.1, -0.05) is 6.92 Å². The number of hydrogen-bond donors (Lipinski definition) is 0. The van der Waals surface area contributed by atoms with Gasteiger partial charge in [-0.2, -0.15) is 11.8 Å². The van der Waals surface area contributed by atoms with Gasteiger partial charge in [-0.15, -0.1) is 0 Å². The zero-order valence-corrected chi connectivity index (χ0v) is 7.41. The molecule has 0 amide bonds. The molecule has 1 rings (SSSR count). The van der Waals surface area contributed by atoms with Gasteiger partial charge in [0.2, 0.25) is 0 Å². The first-order chi connectivity index (χ1) is 5.18. The molecule has 0 aromatic carbocycles. The molecule has 0 bridgehead atoms. The summed E-state index contributed by atoms with van der Waals surface area (Å²) in [5.41, 5.74) is 0. The second kappa shape index (κ2) is 4.26. The molecule has 0 aliphatic carbocycles. The van der Waals surface area contributed by atoms with Gasteiger partial charge in [0.15, 0.2) is 0 Å². The van der Waals surface area contributed by atoms with Crippen LogP contribution in [0.5, 0.6) is 0 Å². The van der Waals surface area contributed by atoms with Gasteiger partial charge in [0.1, 0.15) is 0 Å². The van der Waals surface area contributed by atoms with Crippen LogP contribution in [0.15, 0.2) is 0 Å². The standard InChI is InChI=1S/C7H13F2NS/c1-6-4-10(2-3-11-6)5-7(8)9/h6-7H,2-5H2,1H3. The van der Waals surface area contributed by atoms with E-state index in [1.165, 1.54) is 0 Å². The monoisotopic (exact) mass is 181 g/mol. The van der Waals surface area contributed by atoms with Gasteiger partial charge >= 0.3 is 0 Å². The maximum atomic E-state index is 11.9. The third-order valence-electron chi connectivity index (χ3n) is 1.72. The largest absolute Gasteiger partial charge is 0.296 e. The Morgan fingerprint density at radius 3 is 2.91 bits per heavy atom. The van der Waals surface area contributed by atoms with Gasteiger partial charge in [-0.3, -0.25) is 4.90 Å². The van der Waals surface area contributed by atoms with Gasteiger partial charge < -0.3 is 0 Å². The number of rotatable bonds is 2. The minimum Gasteiger partial charge on any atom is -0.296 e. The Kier molecular flexibility index (Phi) is 3.59. The molecular weight excluding hydrogens is 168 g/mol. The Balaban J connectivity index is 2.23. The lowest BCUT2D eigenvalue weighted by atomic mass is 10.4. The van der Waals surface area contributed by atoms with Crippen molar-refractivity contribution in [2.24, 2.45) is 0 Å². The van der Waals surface area contributed by atoms with Crippen molar-refractivity contribution in [3.8, 4) is 0 Å². The summed E-state index contributed by atoms with van der Waals surface area (Å²) in [7, 11) is 0. The number of thioether (sulfide) groups is 1. The van der Waals surface area contributed by atoms with E-state index < -0.39 is 6.43 Å². The molecule has 1 fully saturated rings. The SMILES string of the molecule is CC1CN(CC(F)F)CCS1. The highest BCUT2D eigenvalue weighted by Gasteiger charge is 2.18. The van der Waals surface area contributed by atoms with E-state index in [0.717, 1.165) is 18.8 Å². The number of nitrogens with zero attached hydrogens (tertiary/aromatic N) is 1. The van der Waals surface area contributed by atoms with Crippen LogP contribution in [0.25, 0.3) is 0 Å². The molecule has 1 nitrogen and oxygen atoms in total. The Morgan fingerprint density at radius 2 is 2.36 bits per heavy atom. The highest BCUT2D eigenvalue weighted by Crippen LogP contribution is 2.17. The van der Waals surface area contributed by atoms with E-state index in [4.69, 9.17) is 0 Å². The smallest absolute Gasteiger partial charge is 0.251 e. The molecule has 11 heavy (non-hydrogen) atoms. The normalized spacial score (nSPS) is 27.8. The maximum Gasteiger partial charge on any atom is 0.251 e. The Morgan fingerprint density at radius 1 is 1.64 bits per heavy atom. The fourth-order valence-corrected chi connectivity index (χ4v) is 2.33. The summed E-state index contributed by atoms with van der Waals surface area (Å²) in [6, 6.07) is 0. The number of alkyl halides is 2. The Hall–Kier alpha value is 0.170. The first kappa shape index (κ1) is 9.26. The van der Waals surface area contributed by atoms with E-state index in [9.17, 15) is 8.78 Å². The third kappa shape index (κ3) is 3.38. The second-order valence-electron chi connectivity index (χ2n) is 2.83. The number of halogens is 2. The Labute approximate surface area is 70.1 Å². The molecule has 1 aliphatic heterocycles. The second-order valence-corrected chi connectivity index (χ2v) is 4.38. The average Bonchev–Trinajstić information content (AvgIpc) is 1.85. The van der Waals surface area contributed by atoms with Crippen molar-refractivity contribution in [3.05, 3.63) is 0 Å². The first-order valence-electron chi connectivity index (χ1n) is 3.80. The van der Waals surface area contributed by atoms with Crippen molar-refractivity contribution in [3.63, 3.8) is 0 Å². The lowest BCUT2D eigenvalue weighted by molar-refractivity contribution is 0.0905. The molecule has 1 atom stereocenters. The molecule has 0 N–H and O–H groups in total. The van der Waals surface area contributed by atoms with Crippen LogP contribution in [0.2, 0.25) is 0 Å². The molecule has 1 saturated heterocycles. The van der Waals surface area contributed by atoms with Crippen molar-refractivity contribution in [1.82, 2.24) is 4.90 Å². The predicted octanol–water partition coefficient (Wildman–Crippen LogP) is 1.69. The maximum absolute atomic E-state index is 11.9. The minimum absolute atomic E-state index is 0.0507. The molecule has 0 radical (unpaired) electrons. The molecule has 4 heteroatoms. The molecule has 0 saturated carbocycles. The quantitative estimate of drug-likeness (QED) is 0.637. The topological polar surface area (TPSA) is 3.24 Å². The van der Waals surface area contributed by atoms with Crippen LogP contribution in [-0.2, 0) is 0 Å². The summed E-state index contributed by atoms with van der Waals surface area (Å²) in [5.74, 6) is 0.994. The summed E-state index contributed by atoms with van der Waals surface area (Å²) in [4.78, 5) is 1.84. The summed E-state index contributed by atoms with van der Waals surface area (Å²) in [5, 5.41) is 0.516. The van der Waals surface area contributed by atoms with Gasteiger partial charge in [0.25, 0.3) is 6.43 Å². The van der Waals surface area contributed by atoms with Crippen LogP contribution in [0.3, 0.4) is 0 Å². The fourth-order valence-electron chi connectivity index (χ4n) is 1.25.